The maximum absolute atomic E-state index is 6.54. The number of hydrogen-bond acceptors (Lipinski definition) is 1. The third-order valence-electron chi connectivity index (χ3n) is 4.20. The second-order valence-corrected chi connectivity index (χ2v) is 5.72. The Hall–Kier alpha value is -0.820. The fourth-order valence-electron chi connectivity index (χ4n) is 2.91. The monoisotopic (exact) mass is 217 g/mol. The van der Waals surface area contributed by atoms with E-state index in [2.05, 4.69) is 44.2 Å². The zero-order valence-electron chi connectivity index (χ0n) is 10.4. The summed E-state index contributed by atoms with van der Waals surface area (Å²) in [5.41, 5.74) is 7.96. The summed E-state index contributed by atoms with van der Waals surface area (Å²) in [5, 5.41) is 0. The average molecular weight is 217 g/mol. The van der Waals surface area contributed by atoms with Crippen molar-refractivity contribution in [2.24, 2.45) is 17.6 Å². The molecule has 0 aliphatic heterocycles. The van der Waals surface area contributed by atoms with E-state index >= 15 is 0 Å². The lowest BCUT2D eigenvalue weighted by atomic mass is 9.69. The first-order valence-electron chi connectivity index (χ1n) is 6.42. The van der Waals surface area contributed by atoms with Crippen LogP contribution in [0.4, 0.5) is 0 Å². The first kappa shape index (κ1) is 11.7. The second-order valence-electron chi connectivity index (χ2n) is 5.72. The molecule has 0 radical (unpaired) electrons. The highest BCUT2D eigenvalue weighted by atomic mass is 14.7. The van der Waals surface area contributed by atoms with E-state index in [0.29, 0.717) is 0 Å². The SMILES string of the molecule is CC1CCC(N)(Cc2ccccc2)CC1C. The van der Waals surface area contributed by atoms with Gasteiger partial charge >= 0.3 is 0 Å². The van der Waals surface area contributed by atoms with Gasteiger partial charge in [-0.05, 0) is 43.1 Å². The van der Waals surface area contributed by atoms with Crippen LogP contribution < -0.4 is 5.73 Å². The molecule has 0 bridgehead atoms. The number of nitrogens with two attached hydrogens (primary N) is 1. The van der Waals surface area contributed by atoms with Gasteiger partial charge in [-0.25, -0.2) is 0 Å². The van der Waals surface area contributed by atoms with Crippen molar-refractivity contribution in [3.63, 3.8) is 0 Å². The molecule has 1 heteroatoms. The lowest BCUT2D eigenvalue weighted by Gasteiger charge is -2.40. The molecule has 1 saturated carbocycles. The lowest BCUT2D eigenvalue weighted by molar-refractivity contribution is 0.176. The molecule has 0 amide bonds. The molecule has 1 aliphatic carbocycles. The third-order valence-corrected chi connectivity index (χ3v) is 4.20. The van der Waals surface area contributed by atoms with Gasteiger partial charge in [0.1, 0.15) is 0 Å². The van der Waals surface area contributed by atoms with Crippen molar-refractivity contribution in [3.05, 3.63) is 35.9 Å². The fourth-order valence-corrected chi connectivity index (χ4v) is 2.91. The Morgan fingerprint density at radius 3 is 2.50 bits per heavy atom. The van der Waals surface area contributed by atoms with Gasteiger partial charge in [-0.1, -0.05) is 44.2 Å². The minimum absolute atomic E-state index is 0.0350. The van der Waals surface area contributed by atoms with Crippen LogP contribution in [-0.4, -0.2) is 5.54 Å². The van der Waals surface area contributed by atoms with Gasteiger partial charge in [-0.2, -0.15) is 0 Å². The Bertz CT molecular complexity index is 333. The van der Waals surface area contributed by atoms with Crippen LogP contribution >= 0.6 is 0 Å². The van der Waals surface area contributed by atoms with Gasteiger partial charge in [0, 0.05) is 5.54 Å². The molecule has 1 aromatic carbocycles. The lowest BCUT2D eigenvalue weighted by Crippen LogP contribution is -2.47. The van der Waals surface area contributed by atoms with Crippen LogP contribution in [0.1, 0.15) is 38.7 Å². The molecule has 3 atom stereocenters. The van der Waals surface area contributed by atoms with Crippen LogP contribution in [0.25, 0.3) is 0 Å². The summed E-state index contributed by atoms with van der Waals surface area (Å²) in [4.78, 5) is 0. The highest BCUT2D eigenvalue weighted by molar-refractivity contribution is 5.18. The van der Waals surface area contributed by atoms with E-state index in [0.717, 1.165) is 18.3 Å². The number of hydrogen-bond donors (Lipinski definition) is 1. The van der Waals surface area contributed by atoms with Crippen LogP contribution in [0, 0.1) is 11.8 Å². The normalized spacial score (nSPS) is 34.9. The summed E-state index contributed by atoms with van der Waals surface area (Å²) >= 11 is 0. The molecule has 88 valence electrons. The molecular weight excluding hydrogens is 194 g/mol. The van der Waals surface area contributed by atoms with E-state index in [1.54, 1.807) is 0 Å². The largest absolute Gasteiger partial charge is 0.325 e. The van der Waals surface area contributed by atoms with Gasteiger partial charge in [-0.15, -0.1) is 0 Å². The Labute approximate surface area is 99.0 Å². The number of benzene rings is 1. The van der Waals surface area contributed by atoms with Crippen molar-refractivity contribution in [1.82, 2.24) is 0 Å². The van der Waals surface area contributed by atoms with Crippen molar-refractivity contribution in [2.45, 2.75) is 45.1 Å². The smallest absolute Gasteiger partial charge is 0.0197 e. The molecule has 1 fully saturated rings. The Morgan fingerprint density at radius 1 is 1.19 bits per heavy atom. The topological polar surface area (TPSA) is 26.0 Å². The van der Waals surface area contributed by atoms with E-state index in [1.165, 1.54) is 24.8 Å². The van der Waals surface area contributed by atoms with Gasteiger partial charge in [0.2, 0.25) is 0 Å². The summed E-state index contributed by atoms with van der Waals surface area (Å²) in [6.07, 6.45) is 4.66. The summed E-state index contributed by atoms with van der Waals surface area (Å²) in [6.45, 7) is 4.70. The van der Waals surface area contributed by atoms with E-state index < -0.39 is 0 Å². The molecule has 0 heterocycles. The van der Waals surface area contributed by atoms with Crippen LogP contribution in [0.5, 0.6) is 0 Å². The Balaban J connectivity index is 2.04. The summed E-state index contributed by atoms with van der Waals surface area (Å²) < 4.78 is 0. The summed E-state index contributed by atoms with van der Waals surface area (Å²) in [6, 6.07) is 10.7. The minimum atomic E-state index is 0.0350. The molecule has 1 nitrogen and oxygen atoms in total. The number of rotatable bonds is 2. The zero-order chi connectivity index (χ0) is 11.6. The van der Waals surface area contributed by atoms with Gasteiger partial charge in [-0.3, -0.25) is 0 Å². The molecule has 0 saturated heterocycles. The van der Waals surface area contributed by atoms with Crippen molar-refractivity contribution in [1.29, 1.82) is 0 Å². The van der Waals surface area contributed by atoms with Crippen molar-refractivity contribution >= 4 is 0 Å². The van der Waals surface area contributed by atoms with Crippen LogP contribution in [0.3, 0.4) is 0 Å². The van der Waals surface area contributed by atoms with Crippen LogP contribution in [-0.2, 0) is 6.42 Å². The Morgan fingerprint density at radius 2 is 1.88 bits per heavy atom. The quantitative estimate of drug-likeness (QED) is 0.807. The van der Waals surface area contributed by atoms with Crippen LogP contribution in [0.15, 0.2) is 30.3 Å². The van der Waals surface area contributed by atoms with E-state index in [1.807, 2.05) is 0 Å². The molecule has 0 aromatic heterocycles. The van der Waals surface area contributed by atoms with E-state index in [9.17, 15) is 0 Å². The van der Waals surface area contributed by atoms with Gasteiger partial charge in [0.25, 0.3) is 0 Å². The molecule has 2 rings (SSSR count). The third kappa shape index (κ3) is 2.65. The predicted octanol–water partition coefficient (Wildman–Crippen LogP) is 3.38. The van der Waals surface area contributed by atoms with Crippen molar-refractivity contribution < 1.29 is 0 Å². The predicted molar refractivity (Wildman–Crippen MR) is 69.2 cm³/mol. The highest BCUT2D eigenvalue weighted by Gasteiger charge is 2.34. The molecule has 2 N–H and O–H groups in total. The maximum Gasteiger partial charge on any atom is 0.0197 e. The van der Waals surface area contributed by atoms with E-state index in [4.69, 9.17) is 5.73 Å². The standard InChI is InChI=1S/C15H23N/c1-12-8-9-15(16,10-13(12)2)11-14-6-4-3-5-7-14/h3-7,12-13H,8-11,16H2,1-2H3. The molecule has 1 aromatic rings. The maximum atomic E-state index is 6.54. The summed E-state index contributed by atoms with van der Waals surface area (Å²) in [7, 11) is 0. The molecular formula is C15H23N. The highest BCUT2D eigenvalue weighted by Crippen LogP contribution is 2.36. The van der Waals surface area contributed by atoms with Crippen molar-refractivity contribution in [2.75, 3.05) is 0 Å². The average Bonchev–Trinajstić information content (AvgIpc) is 2.25. The molecule has 3 unspecified atom stereocenters. The second kappa shape index (κ2) is 4.58. The summed E-state index contributed by atoms with van der Waals surface area (Å²) in [5.74, 6) is 1.61. The molecule has 16 heavy (non-hydrogen) atoms. The van der Waals surface area contributed by atoms with E-state index in [-0.39, 0.29) is 5.54 Å². The van der Waals surface area contributed by atoms with Gasteiger partial charge in [0.05, 0.1) is 0 Å². The first-order valence-corrected chi connectivity index (χ1v) is 6.42. The molecule has 0 spiro atoms. The zero-order valence-corrected chi connectivity index (χ0v) is 10.4. The van der Waals surface area contributed by atoms with Gasteiger partial charge in [0.15, 0.2) is 0 Å². The first-order chi connectivity index (χ1) is 7.59. The minimum Gasteiger partial charge on any atom is -0.325 e. The van der Waals surface area contributed by atoms with Crippen molar-refractivity contribution in [3.8, 4) is 0 Å². The van der Waals surface area contributed by atoms with Crippen LogP contribution in [0.2, 0.25) is 0 Å². The van der Waals surface area contributed by atoms with Gasteiger partial charge < -0.3 is 5.73 Å². The molecule has 1 aliphatic rings. The fraction of sp³-hybridized carbons (Fsp3) is 0.600. The Kier molecular flexibility index (Phi) is 3.34.